The molecule has 1 amide bonds. The highest BCUT2D eigenvalue weighted by atomic mass is 16.2. The van der Waals surface area contributed by atoms with Crippen LogP contribution in [0.5, 0.6) is 0 Å². The predicted molar refractivity (Wildman–Crippen MR) is 77.9 cm³/mol. The molecule has 108 valence electrons. The molecule has 0 atom stereocenters. The smallest absolute Gasteiger partial charge is 0.245 e. The number of amides is 1. The van der Waals surface area contributed by atoms with E-state index < -0.39 is 0 Å². The molecule has 0 aromatic carbocycles. The third kappa shape index (κ3) is 2.69. The van der Waals surface area contributed by atoms with Crippen LogP contribution in [0.25, 0.3) is 5.82 Å². The molecule has 3 heterocycles. The summed E-state index contributed by atoms with van der Waals surface area (Å²) in [5.74, 6) is 1.14. The van der Waals surface area contributed by atoms with Crippen LogP contribution in [-0.2, 0) is 4.79 Å². The highest BCUT2D eigenvalue weighted by Gasteiger charge is 2.26. The number of hydrogen-bond acceptors (Lipinski definition) is 4. The fourth-order valence-electron chi connectivity index (χ4n) is 2.72. The Morgan fingerprint density at radius 3 is 2.67 bits per heavy atom. The molecule has 0 radical (unpaired) electrons. The zero-order chi connectivity index (χ0) is 14.7. The molecule has 0 unspecified atom stereocenters. The summed E-state index contributed by atoms with van der Waals surface area (Å²) in [6.07, 6.45) is 11.9. The quantitative estimate of drug-likeness (QED) is 0.802. The first-order valence-electron chi connectivity index (χ1n) is 7.00. The number of aromatic nitrogens is 4. The van der Waals surface area contributed by atoms with E-state index in [9.17, 15) is 4.79 Å². The van der Waals surface area contributed by atoms with Crippen LogP contribution in [0.3, 0.4) is 0 Å². The molecule has 1 fully saturated rings. The molecule has 21 heavy (non-hydrogen) atoms. The third-order valence-electron chi connectivity index (χ3n) is 3.82. The number of piperidine rings is 1. The summed E-state index contributed by atoms with van der Waals surface area (Å²) in [6.45, 7) is 5.00. The van der Waals surface area contributed by atoms with Gasteiger partial charge in [0.05, 0.1) is 5.69 Å². The summed E-state index contributed by atoms with van der Waals surface area (Å²) in [5.41, 5.74) is 0.973. The second-order valence-electron chi connectivity index (χ2n) is 5.04. The first-order chi connectivity index (χ1) is 10.3. The molecule has 0 bridgehead atoms. The topological polar surface area (TPSA) is 63.9 Å². The Kier molecular flexibility index (Phi) is 3.77. The molecule has 0 saturated carbocycles. The zero-order valence-electron chi connectivity index (χ0n) is 11.7. The summed E-state index contributed by atoms with van der Waals surface area (Å²) in [7, 11) is 0. The van der Waals surface area contributed by atoms with Crippen LogP contribution in [0.2, 0.25) is 0 Å². The van der Waals surface area contributed by atoms with Crippen molar-refractivity contribution >= 4 is 5.91 Å². The SMILES string of the molecule is C=CC(=O)N1CCC(c2nccnc2-n2ccnc2)CC1. The van der Waals surface area contributed by atoms with E-state index in [2.05, 4.69) is 21.5 Å². The summed E-state index contributed by atoms with van der Waals surface area (Å²) in [5, 5.41) is 0. The van der Waals surface area contributed by atoms with Crippen LogP contribution in [-0.4, -0.2) is 43.4 Å². The van der Waals surface area contributed by atoms with Crippen molar-refractivity contribution in [2.24, 2.45) is 0 Å². The molecule has 1 aliphatic heterocycles. The summed E-state index contributed by atoms with van der Waals surface area (Å²) < 4.78 is 1.88. The molecule has 6 heteroatoms. The standard InChI is InChI=1S/C15H17N5O/c1-2-13(21)19-8-3-12(4-9-19)14-15(18-6-5-17-14)20-10-7-16-11-20/h2,5-7,10-12H,1,3-4,8-9H2. The number of hydrogen-bond donors (Lipinski definition) is 0. The molecule has 1 aliphatic rings. The number of carbonyl (C=O) groups excluding carboxylic acids is 1. The second kappa shape index (κ2) is 5.87. The van der Waals surface area contributed by atoms with Gasteiger partial charge in [0.25, 0.3) is 0 Å². The van der Waals surface area contributed by atoms with Crippen molar-refractivity contribution in [1.82, 2.24) is 24.4 Å². The molecule has 1 saturated heterocycles. The zero-order valence-corrected chi connectivity index (χ0v) is 11.7. The Balaban J connectivity index is 1.80. The fraction of sp³-hybridized carbons (Fsp3) is 0.333. The van der Waals surface area contributed by atoms with E-state index in [4.69, 9.17) is 0 Å². The van der Waals surface area contributed by atoms with E-state index in [1.54, 1.807) is 24.9 Å². The molecule has 2 aromatic rings. The van der Waals surface area contributed by atoms with Crippen LogP contribution < -0.4 is 0 Å². The summed E-state index contributed by atoms with van der Waals surface area (Å²) in [4.78, 5) is 26.5. The lowest BCUT2D eigenvalue weighted by Gasteiger charge is -2.31. The van der Waals surface area contributed by atoms with Crippen molar-refractivity contribution in [3.63, 3.8) is 0 Å². The summed E-state index contributed by atoms with van der Waals surface area (Å²) >= 11 is 0. The lowest BCUT2D eigenvalue weighted by molar-refractivity contribution is -0.127. The van der Waals surface area contributed by atoms with E-state index >= 15 is 0 Å². The van der Waals surface area contributed by atoms with Gasteiger partial charge in [-0.1, -0.05) is 6.58 Å². The van der Waals surface area contributed by atoms with E-state index in [-0.39, 0.29) is 5.91 Å². The fourth-order valence-corrected chi connectivity index (χ4v) is 2.72. The first kappa shape index (κ1) is 13.5. The molecule has 3 rings (SSSR count). The van der Waals surface area contributed by atoms with Gasteiger partial charge in [0.2, 0.25) is 5.91 Å². The minimum absolute atomic E-state index is 0.00225. The van der Waals surface area contributed by atoms with Gasteiger partial charge in [0.1, 0.15) is 6.33 Å². The monoisotopic (exact) mass is 283 g/mol. The van der Waals surface area contributed by atoms with Gasteiger partial charge < -0.3 is 4.90 Å². The molecule has 2 aromatic heterocycles. The van der Waals surface area contributed by atoms with Crippen molar-refractivity contribution in [3.8, 4) is 5.82 Å². The minimum atomic E-state index is 0.00225. The van der Waals surface area contributed by atoms with Crippen molar-refractivity contribution in [1.29, 1.82) is 0 Å². The Morgan fingerprint density at radius 1 is 1.24 bits per heavy atom. The van der Waals surface area contributed by atoms with Gasteiger partial charge in [0, 0.05) is 43.8 Å². The minimum Gasteiger partial charge on any atom is -0.339 e. The van der Waals surface area contributed by atoms with Gasteiger partial charge in [-0.3, -0.25) is 14.3 Å². The van der Waals surface area contributed by atoms with Gasteiger partial charge in [-0.25, -0.2) is 9.97 Å². The van der Waals surface area contributed by atoms with E-state index in [0.29, 0.717) is 5.92 Å². The number of carbonyl (C=O) groups is 1. The molecule has 0 spiro atoms. The van der Waals surface area contributed by atoms with E-state index in [1.165, 1.54) is 6.08 Å². The summed E-state index contributed by atoms with van der Waals surface area (Å²) in [6, 6.07) is 0. The van der Waals surface area contributed by atoms with Crippen LogP contribution in [0.1, 0.15) is 24.5 Å². The van der Waals surface area contributed by atoms with E-state index in [1.807, 2.05) is 15.7 Å². The van der Waals surface area contributed by atoms with Gasteiger partial charge >= 0.3 is 0 Å². The Labute approximate surface area is 123 Å². The van der Waals surface area contributed by atoms with Crippen molar-refractivity contribution in [3.05, 3.63) is 49.5 Å². The van der Waals surface area contributed by atoms with Crippen LogP contribution in [0.4, 0.5) is 0 Å². The highest BCUT2D eigenvalue weighted by molar-refractivity contribution is 5.87. The first-order valence-corrected chi connectivity index (χ1v) is 7.00. The number of nitrogens with zero attached hydrogens (tertiary/aromatic N) is 5. The maximum absolute atomic E-state index is 11.6. The van der Waals surface area contributed by atoms with Gasteiger partial charge in [0.15, 0.2) is 5.82 Å². The maximum atomic E-state index is 11.6. The molecular weight excluding hydrogens is 266 g/mol. The average molecular weight is 283 g/mol. The van der Waals surface area contributed by atoms with Crippen LogP contribution in [0, 0.1) is 0 Å². The maximum Gasteiger partial charge on any atom is 0.245 e. The normalized spacial score (nSPS) is 15.9. The number of likely N-dealkylation sites (tertiary alicyclic amines) is 1. The number of rotatable bonds is 3. The van der Waals surface area contributed by atoms with Crippen molar-refractivity contribution < 1.29 is 4.79 Å². The third-order valence-corrected chi connectivity index (χ3v) is 3.82. The lowest BCUT2D eigenvalue weighted by Crippen LogP contribution is -2.37. The molecule has 0 N–H and O–H groups in total. The predicted octanol–water partition coefficient (Wildman–Crippen LogP) is 1.55. The Bertz CT molecular complexity index is 629. The second-order valence-corrected chi connectivity index (χ2v) is 5.04. The van der Waals surface area contributed by atoms with E-state index in [0.717, 1.165) is 37.4 Å². The van der Waals surface area contributed by atoms with Gasteiger partial charge in [-0.05, 0) is 18.9 Å². The van der Waals surface area contributed by atoms with Gasteiger partial charge in [-0.2, -0.15) is 0 Å². The molecular formula is C15H17N5O. The Hall–Kier alpha value is -2.50. The van der Waals surface area contributed by atoms with Crippen molar-refractivity contribution in [2.75, 3.05) is 13.1 Å². The Morgan fingerprint density at radius 2 is 2.00 bits per heavy atom. The molecule has 0 aliphatic carbocycles. The largest absolute Gasteiger partial charge is 0.339 e. The molecule has 6 nitrogen and oxygen atoms in total. The van der Waals surface area contributed by atoms with Crippen LogP contribution >= 0.6 is 0 Å². The average Bonchev–Trinajstić information content (AvgIpc) is 3.08. The lowest BCUT2D eigenvalue weighted by atomic mass is 9.93. The van der Waals surface area contributed by atoms with Gasteiger partial charge in [-0.15, -0.1) is 0 Å². The van der Waals surface area contributed by atoms with Crippen LogP contribution in [0.15, 0.2) is 43.8 Å². The highest BCUT2D eigenvalue weighted by Crippen LogP contribution is 2.29. The number of imidazole rings is 1. The van der Waals surface area contributed by atoms with Crippen molar-refractivity contribution in [2.45, 2.75) is 18.8 Å².